The quantitative estimate of drug-likeness (QED) is 0.801. The lowest BCUT2D eigenvalue weighted by molar-refractivity contribution is 0.0767. The number of nitrogens with zero attached hydrogens (tertiary/aromatic N) is 3. The Bertz CT molecular complexity index is 377. The molecule has 0 saturated heterocycles. The van der Waals surface area contributed by atoms with Crippen LogP contribution in [0.25, 0.3) is 0 Å². The Morgan fingerprint density at radius 3 is 2.93 bits per heavy atom. The molecule has 0 unspecified atom stereocenters. The van der Waals surface area contributed by atoms with E-state index >= 15 is 0 Å². The van der Waals surface area contributed by atoms with Crippen molar-refractivity contribution in [2.75, 3.05) is 13.1 Å². The molecule has 0 radical (unpaired) electrons. The number of rotatable bonds is 4. The van der Waals surface area contributed by atoms with Crippen molar-refractivity contribution < 1.29 is 4.79 Å². The van der Waals surface area contributed by atoms with Crippen LogP contribution in [0.1, 0.15) is 29.4 Å². The summed E-state index contributed by atoms with van der Waals surface area (Å²) in [4.78, 5) is 13.6. The van der Waals surface area contributed by atoms with Crippen LogP contribution in [0.3, 0.4) is 0 Å². The number of H-pyrrole nitrogens is 1. The molecule has 1 aromatic heterocycles. The van der Waals surface area contributed by atoms with E-state index in [4.69, 9.17) is 5.26 Å². The van der Waals surface area contributed by atoms with Gasteiger partial charge in [-0.25, -0.2) is 0 Å². The van der Waals surface area contributed by atoms with Crippen LogP contribution < -0.4 is 0 Å². The van der Waals surface area contributed by atoms with Gasteiger partial charge >= 0.3 is 0 Å². The third-order valence-electron chi connectivity index (χ3n) is 2.22. The van der Waals surface area contributed by atoms with Crippen LogP contribution >= 0.6 is 0 Å². The largest absolute Gasteiger partial charge is 0.338 e. The summed E-state index contributed by atoms with van der Waals surface area (Å²) in [7, 11) is 0. The zero-order valence-corrected chi connectivity index (χ0v) is 8.95. The first-order chi connectivity index (χ1) is 7.20. The molecule has 5 heteroatoms. The van der Waals surface area contributed by atoms with E-state index in [0.29, 0.717) is 25.1 Å². The van der Waals surface area contributed by atoms with E-state index in [1.54, 1.807) is 11.8 Å². The maximum absolute atomic E-state index is 11.9. The number of nitriles is 1. The van der Waals surface area contributed by atoms with Gasteiger partial charge in [-0.2, -0.15) is 10.4 Å². The Hall–Kier alpha value is -1.83. The second-order valence-corrected chi connectivity index (χ2v) is 3.20. The van der Waals surface area contributed by atoms with Gasteiger partial charge in [0.15, 0.2) is 0 Å². The Morgan fingerprint density at radius 1 is 1.73 bits per heavy atom. The van der Waals surface area contributed by atoms with Crippen LogP contribution in [-0.2, 0) is 0 Å². The normalized spacial score (nSPS) is 9.67. The van der Waals surface area contributed by atoms with E-state index in [9.17, 15) is 4.79 Å². The van der Waals surface area contributed by atoms with E-state index in [-0.39, 0.29) is 5.91 Å². The highest BCUT2D eigenvalue weighted by Crippen LogP contribution is 2.07. The average molecular weight is 206 g/mol. The van der Waals surface area contributed by atoms with Crippen LogP contribution in [0.2, 0.25) is 0 Å². The molecule has 80 valence electrons. The first kappa shape index (κ1) is 11.2. The number of carbonyl (C=O) groups is 1. The molecular formula is C10H14N4O. The van der Waals surface area contributed by atoms with Crippen LogP contribution in [0, 0.1) is 18.3 Å². The van der Waals surface area contributed by atoms with Gasteiger partial charge in [0.25, 0.3) is 5.91 Å². The summed E-state index contributed by atoms with van der Waals surface area (Å²) in [5, 5.41) is 15.0. The highest BCUT2D eigenvalue weighted by molar-refractivity contribution is 5.94. The zero-order chi connectivity index (χ0) is 11.3. The number of aryl methyl sites for hydroxylation is 1. The van der Waals surface area contributed by atoms with Crippen LogP contribution in [0.5, 0.6) is 0 Å². The monoisotopic (exact) mass is 206 g/mol. The van der Waals surface area contributed by atoms with Crippen molar-refractivity contribution in [2.24, 2.45) is 0 Å². The molecule has 0 aromatic carbocycles. The van der Waals surface area contributed by atoms with E-state index in [1.807, 2.05) is 13.0 Å². The molecule has 0 aliphatic carbocycles. The summed E-state index contributed by atoms with van der Waals surface area (Å²) < 4.78 is 0. The second kappa shape index (κ2) is 5.15. The molecule has 0 aliphatic rings. The summed E-state index contributed by atoms with van der Waals surface area (Å²) in [6.45, 7) is 4.77. The predicted molar refractivity (Wildman–Crippen MR) is 55.1 cm³/mol. The maximum atomic E-state index is 11.9. The summed E-state index contributed by atoms with van der Waals surface area (Å²) in [5.74, 6) is -0.0704. The Morgan fingerprint density at radius 2 is 2.47 bits per heavy atom. The number of amides is 1. The van der Waals surface area contributed by atoms with E-state index < -0.39 is 0 Å². The third-order valence-corrected chi connectivity index (χ3v) is 2.22. The number of hydrogen-bond acceptors (Lipinski definition) is 3. The van der Waals surface area contributed by atoms with Crippen molar-refractivity contribution in [3.63, 3.8) is 0 Å². The molecule has 1 heterocycles. The van der Waals surface area contributed by atoms with Gasteiger partial charge in [0, 0.05) is 18.8 Å². The number of hydrogen-bond donors (Lipinski definition) is 1. The fourth-order valence-corrected chi connectivity index (χ4v) is 1.32. The first-order valence-electron chi connectivity index (χ1n) is 4.86. The molecule has 0 bridgehead atoms. The minimum absolute atomic E-state index is 0.0704. The standard InChI is InChI=1S/C10H14N4O/c1-3-14(6-4-5-11)10(15)9-7-12-13-8(9)2/h7H,3-4,6H2,1-2H3,(H,12,13). The lowest BCUT2D eigenvalue weighted by atomic mass is 10.2. The maximum Gasteiger partial charge on any atom is 0.257 e. The molecule has 15 heavy (non-hydrogen) atoms. The molecular weight excluding hydrogens is 192 g/mol. The minimum Gasteiger partial charge on any atom is -0.338 e. The van der Waals surface area contributed by atoms with Gasteiger partial charge in [-0.1, -0.05) is 0 Å². The van der Waals surface area contributed by atoms with Gasteiger partial charge in [0.2, 0.25) is 0 Å². The smallest absolute Gasteiger partial charge is 0.257 e. The molecule has 0 spiro atoms. The number of carbonyl (C=O) groups excluding carboxylic acids is 1. The molecule has 1 amide bonds. The molecule has 1 aromatic rings. The fourth-order valence-electron chi connectivity index (χ4n) is 1.32. The topological polar surface area (TPSA) is 72.8 Å². The predicted octanol–water partition coefficient (Wildman–Crippen LogP) is 1.09. The first-order valence-corrected chi connectivity index (χ1v) is 4.86. The van der Waals surface area contributed by atoms with Gasteiger partial charge in [-0.05, 0) is 13.8 Å². The summed E-state index contributed by atoms with van der Waals surface area (Å²) >= 11 is 0. The highest BCUT2D eigenvalue weighted by Gasteiger charge is 2.16. The molecule has 1 rings (SSSR count). The van der Waals surface area contributed by atoms with Crippen LogP contribution in [0.15, 0.2) is 6.20 Å². The lowest BCUT2D eigenvalue weighted by Crippen LogP contribution is -2.31. The summed E-state index contributed by atoms with van der Waals surface area (Å²) in [5.41, 5.74) is 1.34. The van der Waals surface area contributed by atoms with E-state index in [2.05, 4.69) is 10.2 Å². The lowest BCUT2D eigenvalue weighted by Gasteiger charge is -2.18. The molecule has 0 aliphatic heterocycles. The van der Waals surface area contributed by atoms with Gasteiger partial charge in [0.05, 0.1) is 24.3 Å². The molecule has 5 nitrogen and oxygen atoms in total. The minimum atomic E-state index is -0.0704. The number of nitrogens with one attached hydrogen (secondary N) is 1. The van der Waals surface area contributed by atoms with Gasteiger partial charge < -0.3 is 4.90 Å². The van der Waals surface area contributed by atoms with Crippen molar-refractivity contribution in [1.29, 1.82) is 5.26 Å². The van der Waals surface area contributed by atoms with Gasteiger partial charge in [-0.3, -0.25) is 9.89 Å². The molecule has 0 saturated carbocycles. The van der Waals surface area contributed by atoms with Crippen LogP contribution in [-0.4, -0.2) is 34.1 Å². The SMILES string of the molecule is CCN(CCC#N)C(=O)c1cn[nH]c1C. The van der Waals surface area contributed by atoms with Crippen molar-refractivity contribution in [1.82, 2.24) is 15.1 Å². The second-order valence-electron chi connectivity index (χ2n) is 3.20. The van der Waals surface area contributed by atoms with Gasteiger partial charge in [0.1, 0.15) is 0 Å². The molecule has 0 atom stereocenters. The Labute approximate surface area is 88.7 Å². The third kappa shape index (κ3) is 2.56. The van der Waals surface area contributed by atoms with Gasteiger partial charge in [-0.15, -0.1) is 0 Å². The number of aromatic nitrogens is 2. The van der Waals surface area contributed by atoms with Crippen molar-refractivity contribution >= 4 is 5.91 Å². The van der Waals surface area contributed by atoms with Crippen LogP contribution in [0.4, 0.5) is 0 Å². The Balaban J connectivity index is 2.74. The molecule has 0 fully saturated rings. The summed E-state index contributed by atoms with van der Waals surface area (Å²) in [6.07, 6.45) is 1.88. The summed E-state index contributed by atoms with van der Waals surface area (Å²) in [6, 6.07) is 2.03. The van der Waals surface area contributed by atoms with Crippen molar-refractivity contribution in [3.05, 3.63) is 17.5 Å². The van der Waals surface area contributed by atoms with Crippen molar-refractivity contribution in [2.45, 2.75) is 20.3 Å². The van der Waals surface area contributed by atoms with E-state index in [0.717, 1.165) is 5.69 Å². The Kier molecular flexibility index (Phi) is 3.86. The van der Waals surface area contributed by atoms with E-state index in [1.165, 1.54) is 6.20 Å². The zero-order valence-electron chi connectivity index (χ0n) is 8.95. The van der Waals surface area contributed by atoms with Crippen molar-refractivity contribution in [3.8, 4) is 6.07 Å². The number of aromatic amines is 1. The highest BCUT2D eigenvalue weighted by atomic mass is 16.2. The average Bonchev–Trinajstić information content (AvgIpc) is 2.65. The molecule has 1 N–H and O–H groups in total. The fraction of sp³-hybridized carbons (Fsp3) is 0.500.